The lowest BCUT2D eigenvalue weighted by Gasteiger charge is -2.22. The van der Waals surface area contributed by atoms with Crippen molar-refractivity contribution >= 4 is 28.5 Å². The van der Waals surface area contributed by atoms with Crippen LogP contribution < -0.4 is 4.90 Å². The van der Waals surface area contributed by atoms with Crippen LogP contribution >= 0.6 is 0 Å². The molecule has 0 heterocycles. The number of methoxy groups -OCH3 is 2. The molecule has 2 aliphatic carbocycles. The van der Waals surface area contributed by atoms with Crippen LogP contribution in [0.3, 0.4) is 0 Å². The van der Waals surface area contributed by atoms with Crippen molar-refractivity contribution in [2.24, 2.45) is 0 Å². The Bertz CT molecular complexity index is 1070. The van der Waals surface area contributed by atoms with Gasteiger partial charge in [-0.25, -0.2) is 4.58 Å². The minimum absolute atomic E-state index is 0.0471. The summed E-state index contributed by atoms with van der Waals surface area (Å²) in [6, 6.07) is 7.31. The van der Waals surface area contributed by atoms with Gasteiger partial charge in [-0.2, -0.15) is 0 Å². The predicted molar refractivity (Wildman–Crippen MR) is 134 cm³/mol. The van der Waals surface area contributed by atoms with Gasteiger partial charge in [0.1, 0.15) is 18.9 Å². The molecule has 34 heavy (non-hydrogen) atoms. The number of aliphatic hydroxyl groups is 1. The second-order valence-corrected chi connectivity index (χ2v) is 8.00. The number of benzene rings is 1. The molecule has 0 amide bonds. The van der Waals surface area contributed by atoms with Crippen molar-refractivity contribution in [2.75, 3.05) is 58.5 Å². The van der Waals surface area contributed by atoms with Crippen LogP contribution in [0.25, 0.3) is 5.57 Å². The van der Waals surface area contributed by atoms with Crippen LogP contribution in [-0.4, -0.2) is 80.6 Å². The van der Waals surface area contributed by atoms with Crippen molar-refractivity contribution in [2.45, 2.75) is 13.8 Å². The molecule has 2 aliphatic rings. The van der Waals surface area contributed by atoms with Crippen LogP contribution in [0.1, 0.15) is 19.4 Å². The summed E-state index contributed by atoms with van der Waals surface area (Å²) in [5, 5.41) is 10.9. The summed E-state index contributed by atoms with van der Waals surface area (Å²) >= 11 is 0. The lowest BCUT2D eigenvalue weighted by Crippen LogP contribution is -2.26. The number of Topliss-reactive ketones (excluding diaryl/α,β-unsaturated/α-hetero) is 2. The third kappa shape index (κ3) is 5.26. The SMILES string of the molecule is CCN(CCOC)c1ccc(C2=C(O)C(=C3C=CC(=[N+](CC)CCOC)C=C3)C(=O)C2=O)cc1. The maximum atomic E-state index is 12.8. The Hall–Kier alpha value is -3.29. The zero-order chi connectivity index (χ0) is 24.7. The smallest absolute Gasteiger partial charge is 0.238 e. The quantitative estimate of drug-likeness (QED) is 0.325. The van der Waals surface area contributed by atoms with Gasteiger partial charge in [0.15, 0.2) is 12.3 Å². The first kappa shape index (κ1) is 25.3. The number of likely N-dealkylation sites (N-methyl/N-ethyl adjacent to an activating group) is 2. The second kappa shape index (κ2) is 11.7. The topological polar surface area (TPSA) is 79.1 Å². The number of anilines is 1. The Labute approximate surface area is 201 Å². The molecule has 1 aromatic rings. The monoisotopic (exact) mass is 465 g/mol. The van der Waals surface area contributed by atoms with Crippen molar-refractivity contribution in [3.63, 3.8) is 0 Å². The van der Waals surface area contributed by atoms with E-state index in [9.17, 15) is 14.7 Å². The molecule has 0 atom stereocenters. The molecule has 0 aliphatic heterocycles. The maximum absolute atomic E-state index is 12.8. The van der Waals surface area contributed by atoms with Crippen molar-refractivity contribution in [3.05, 3.63) is 71.0 Å². The highest BCUT2D eigenvalue weighted by Gasteiger charge is 2.38. The number of nitrogens with zero attached hydrogens (tertiary/aromatic N) is 2. The lowest BCUT2D eigenvalue weighted by molar-refractivity contribution is -0.525. The summed E-state index contributed by atoms with van der Waals surface area (Å²) in [6.45, 7) is 8.43. The van der Waals surface area contributed by atoms with Gasteiger partial charge < -0.3 is 19.5 Å². The number of allylic oxidation sites excluding steroid dienone is 7. The molecule has 0 aromatic heterocycles. The first-order chi connectivity index (χ1) is 16.5. The van der Waals surface area contributed by atoms with E-state index in [1.54, 1.807) is 38.5 Å². The Morgan fingerprint density at radius 3 is 2.06 bits per heavy atom. The lowest BCUT2D eigenvalue weighted by atomic mass is 10.00. The molecule has 7 nitrogen and oxygen atoms in total. The molecule has 0 radical (unpaired) electrons. The van der Waals surface area contributed by atoms with Gasteiger partial charge in [-0.05, 0) is 49.3 Å². The van der Waals surface area contributed by atoms with Gasteiger partial charge in [-0.15, -0.1) is 0 Å². The van der Waals surface area contributed by atoms with E-state index in [-0.39, 0.29) is 16.9 Å². The number of hydrogen-bond acceptors (Lipinski definition) is 6. The van der Waals surface area contributed by atoms with Gasteiger partial charge >= 0.3 is 0 Å². The standard InChI is InChI=1S/C27H32N2O5/c1-5-28(15-17-33-3)21-11-7-19(8-12-21)23-25(30)24(27(32)26(23)31)20-9-13-22(14-10-20)29(6-2)16-18-34-4/h7-14H,5-6,15-18H2,1-4H3/p+1. The third-order valence-electron chi connectivity index (χ3n) is 6.07. The molecule has 0 spiro atoms. The minimum Gasteiger partial charge on any atom is -0.506 e. The van der Waals surface area contributed by atoms with Gasteiger partial charge in [-0.1, -0.05) is 12.1 Å². The zero-order valence-electron chi connectivity index (χ0n) is 20.3. The van der Waals surface area contributed by atoms with Crippen molar-refractivity contribution in [3.8, 4) is 0 Å². The van der Waals surface area contributed by atoms with E-state index in [1.165, 1.54) is 0 Å². The molecule has 0 saturated heterocycles. The van der Waals surface area contributed by atoms with Crippen LogP contribution in [0.4, 0.5) is 5.69 Å². The molecular formula is C27H33N2O5+. The summed E-state index contributed by atoms with van der Waals surface area (Å²) in [5.74, 6) is -1.65. The summed E-state index contributed by atoms with van der Waals surface area (Å²) in [7, 11) is 3.33. The molecule has 1 N–H and O–H groups in total. The Morgan fingerprint density at radius 2 is 1.50 bits per heavy atom. The average Bonchev–Trinajstić information content (AvgIpc) is 3.08. The average molecular weight is 466 g/mol. The predicted octanol–water partition coefficient (Wildman–Crippen LogP) is 3.12. The molecule has 0 fully saturated rings. The molecule has 1 aromatic carbocycles. The minimum atomic E-state index is -0.689. The van der Waals surface area contributed by atoms with Gasteiger partial charge in [0.05, 0.1) is 17.8 Å². The van der Waals surface area contributed by atoms with Crippen molar-refractivity contribution < 1.29 is 28.7 Å². The maximum Gasteiger partial charge on any atom is 0.238 e. The fraction of sp³-hybridized carbons (Fsp3) is 0.370. The van der Waals surface area contributed by atoms with Gasteiger partial charge in [0, 0.05) is 45.1 Å². The summed E-state index contributed by atoms with van der Waals surface area (Å²) < 4.78 is 12.5. The van der Waals surface area contributed by atoms with Gasteiger partial charge in [0.25, 0.3) is 0 Å². The number of aliphatic hydroxyl groups excluding tert-OH is 1. The first-order valence-corrected chi connectivity index (χ1v) is 11.5. The number of carbonyl (C=O) groups excluding carboxylic acids is 2. The molecule has 180 valence electrons. The Kier molecular flexibility index (Phi) is 8.73. The number of ether oxygens (including phenoxy) is 2. The van der Waals surface area contributed by atoms with Crippen LogP contribution in [0.5, 0.6) is 0 Å². The van der Waals surface area contributed by atoms with Crippen LogP contribution in [0, 0.1) is 0 Å². The van der Waals surface area contributed by atoms with E-state index in [1.807, 2.05) is 24.3 Å². The van der Waals surface area contributed by atoms with Crippen molar-refractivity contribution in [1.29, 1.82) is 0 Å². The van der Waals surface area contributed by atoms with E-state index in [2.05, 4.69) is 23.3 Å². The van der Waals surface area contributed by atoms with E-state index < -0.39 is 11.6 Å². The fourth-order valence-corrected chi connectivity index (χ4v) is 4.12. The number of ketones is 2. The zero-order valence-corrected chi connectivity index (χ0v) is 20.3. The highest BCUT2D eigenvalue weighted by Crippen LogP contribution is 2.35. The van der Waals surface area contributed by atoms with Crippen LogP contribution in [0.15, 0.2) is 65.5 Å². The van der Waals surface area contributed by atoms with E-state index >= 15 is 0 Å². The molecule has 0 saturated carbocycles. The van der Waals surface area contributed by atoms with E-state index in [0.29, 0.717) is 24.4 Å². The second-order valence-electron chi connectivity index (χ2n) is 8.00. The fourth-order valence-electron chi connectivity index (χ4n) is 4.12. The normalized spacial score (nSPS) is 15.7. The Balaban J connectivity index is 1.92. The largest absolute Gasteiger partial charge is 0.506 e. The highest BCUT2D eigenvalue weighted by atomic mass is 16.5. The van der Waals surface area contributed by atoms with E-state index in [4.69, 9.17) is 9.47 Å². The molecule has 0 bridgehead atoms. The van der Waals surface area contributed by atoms with Crippen molar-refractivity contribution in [1.82, 2.24) is 0 Å². The summed E-state index contributed by atoms with van der Waals surface area (Å²) in [6.07, 6.45) is 7.31. The number of carbonyl (C=O) groups is 2. The number of rotatable bonds is 10. The third-order valence-corrected chi connectivity index (χ3v) is 6.07. The molecular weight excluding hydrogens is 432 g/mol. The van der Waals surface area contributed by atoms with Crippen LogP contribution in [-0.2, 0) is 19.1 Å². The van der Waals surface area contributed by atoms with Gasteiger partial charge in [-0.3, -0.25) is 9.59 Å². The van der Waals surface area contributed by atoms with Crippen LogP contribution in [0.2, 0.25) is 0 Å². The first-order valence-electron chi connectivity index (χ1n) is 11.5. The Morgan fingerprint density at radius 1 is 0.882 bits per heavy atom. The molecule has 3 rings (SSSR count). The molecule has 7 heteroatoms. The van der Waals surface area contributed by atoms with Gasteiger partial charge in [0.2, 0.25) is 11.6 Å². The number of hydrogen-bond donors (Lipinski definition) is 1. The summed E-state index contributed by atoms with van der Waals surface area (Å²) in [4.78, 5) is 27.8. The molecule has 0 unspecified atom stereocenters. The highest BCUT2D eigenvalue weighted by molar-refractivity contribution is 6.63. The summed E-state index contributed by atoms with van der Waals surface area (Å²) in [5.41, 5.74) is 3.09. The van der Waals surface area contributed by atoms with E-state index in [0.717, 1.165) is 37.6 Å².